The van der Waals surface area contributed by atoms with Gasteiger partial charge in [0.15, 0.2) is 0 Å². The van der Waals surface area contributed by atoms with E-state index in [2.05, 4.69) is 41.5 Å². The highest BCUT2D eigenvalue weighted by molar-refractivity contribution is 7.99. The second kappa shape index (κ2) is 7.31. The minimum atomic E-state index is -0.126. The Morgan fingerprint density at radius 2 is 2.00 bits per heavy atom. The van der Waals surface area contributed by atoms with Crippen molar-refractivity contribution in [1.82, 2.24) is 10.3 Å². The van der Waals surface area contributed by atoms with Crippen LogP contribution >= 0.6 is 23.4 Å². The molecule has 2 rings (SSSR count). The fraction of sp³-hybridized carbons (Fsp3) is 0.200. The molecule has 0 unspecified atom stereocenters. The van der Waals surface area contributed by atoms with E-state index in [0.717, 1.165) is 5.75 Å². The third kappa shape index (κ3) is 4.54. The van der Waals surface area contributed by atoms with Crippen LogP contribution in [-0.2, 0) is 0 Å². The fourth-order valence-corrected chi connectivity index (χ4v) is 2.46. The summed E-state index contributed by atoms with van der Waals surface area (Å²) >= 11 is 7.39. The average Bonchev–Trinajstić information content (AvgIpc) is 2.46. The lowest BCUT2D eigenvalue weighted by molar-refractivity contribution is 0.0956. The van der Waals surface area contributed by atoms with Gasteiger partial charge in [0.2, 0.25) is 0 Å². The number of carbonyl (C=O) groups excluding carboxylic acids is 1. The maximum atomic E-state index is 11.8. The first-order valence-electron chi connectivity index (χ1n) is 6.24. The van der Waals surface area contributed by atoms with Crippen molar-refractivity contribution in [2.45, 2.75) is 11.8 Å². The first kappa shape index (κ1) is 14.9. The molecule has 1 N–H and O–H groups in total. The highest BCUT2D eigenvalue weighted by Crippen LogP contribution is 2.17. The smallest absolute Gasteiger partial charge is 0.252 e. The fourth-order valence-electron chi connectivity index (χ4n) is 1.58. The summed E-state index contributed by atoms with van der Waals surface area (Å²) in [6.07, 6.45) is 1.48. The van der Waals surface area contributed by atoms with Crippen LogP contribution in [0.4, 0.5) is 0 Å². The van der Waals surface area contributed by atoms with Gasteiger partial charge < -0.3 is 5.32 Å². The largest absolute Gasteiger partial charge is 0.351 e. The molecule has 0 aliphatic heterocycles. The molecular formula is C15H15ClN2OS. The summed E-state index contributed by atoms with van der Waals surface area (Å²) in [7, 11) is 0. The summed E-state index contributed by atoms with van der Waals surface area (Å²) in [4.78, 5) is 16.9. The van der Waals surface area contributed by atoms with E-state index in [1.165, 1.54) is 16.7 Å². The van der Waals surface area contributed by atoms with Crippen molar-refractivity contribution in [3.05, 3.63) is 58.9 Å². The zero-order valence-electron chi connectivity index (χ0n) is 11.1. The number of aromatic nitrogens is 1. The van der Waals surface area contributed by atoms with Gasteiger partial charge in [-0.15, -0.1) is 11.8 Å². The van der Waals surface area contributed by atoms with E-state index in [9.17, 15) is 4.79 Å². The highest BCUT2D eigenvalue weighted by atomic mass is 35.5. The number of nitrogens with zero attached hydrogens (tertiary/aromatic N) is 1. The molecule has 0 fully saturated rings. The molecule has 20 heavy (non-hydrogen) atoms. The van der Waals surface area contributed by atoms with Gasteiger partial charge in [-0.3, -0.25) is 4.79 Å². The molecular weight excluding hydrogens is 292 g/mol. The Morgan fingerprint density at radius 1 is 1.25 bits per heavy atom. The molecule has 5 heteroatoms. The van der Waals surface area contributed by atoms with Crippen LogP contribution in [0.3, 0.4) is 0 Å². The van der Waals surface area contributed by atoms with Gasteiger partial charge in [-0.1, -0.05) is 29.3 Å². The number of benzene rings is 1. The Bertz CT molecular complexity index is 569. The summed E-state index contributed by atoms with van der Waals surface area (Å²) in [6.45, 7) is 2.68. The van der Waals surface area contributed by atoms with Gasteiger partial charge in [0.1, 0.15) is 5.15 Å². The SMILES string of the molecule is Cc1ccc(SCCNC(=O)c2ccc(Cl)nc2)cc1. The molecule has 1 heterocycles. The first-order chi connectivity index (χ1) is 9.65. The van der Waals surface area contributed by atoms with Gasteiger partial charge in [-0.05, 0) is 31.2 Å². The third-order valence-electron chi connectivity index (χ3n) is 2.67. The van der Waals surface area contributed by atoms with Crippen molar-refractivity contribution in [3.8, 4) is 0 Å². The Hall–Kier alpha value is -1.52. The normalized spacial score (nSPS) is 10.3. The van der Waals surface area contributed by atoms with E-state index in [-0.39, 0.29) is 5.91 Å². The molecule has 1 aromatic carbocycles. The molecule has 0 bridgehead atoms. The number of carbonyl (C=O) groups is 1. The molecule has 1 amide bonds. The topological polar surface area (TPSA) is 42.0 Å². The van der Waals surface area contributed by atoms with Crippen LogP contribution in [0, 0.1) is 6.92 Å². The van der Waals surface area contributed by atoms with Crippen LogP contribution in [0.5, 0.6) is 0 Å². The number of pyridine rings is 1. The number of aryl methyl sites for hydroxylation is 1. The summed E-state index contributed by atoms with van der Waals surface area (Å²) in [5.74, 6) is 0.703. The number of thioether (sulfide) groups is 1. The summed E-state index contributed by atoms with van der Waals surface area (Å²) in [6, 6.07) is 11.6. The van der Waals surface area contributed by atoms with E-state index >= 15 is 0 Å². The minimum absolute atomic E-state index is 0.126. The standard InChI is InChI=1S/C15H15ClN2OS/c1-11-2-5-13(6-3-11)20-9-8-17-15(19)12-4-7-14(16)18-10-12/h2-7,10H,8-9H2,1H3,(H,17,19). The van der Waals surface area contributed by atoms with Crippen LogP contribution in [0.1, 0.15) is 15.9 Å². The molecule has 3 nitrogen and oxygen atoms in total. The van der Waals surface area contributed by atoms with Crippen LogP contribution in [-0.4, -0.2) is 23.2 Å². The quantitative estimate of drug-likeness (QED) is 0.522. The predicted octanol–water partition coefficient (Wildman–Crippen LogP) is 3.57. The lowest BCUT2D eigenvalue weighted by atomic mass is 10.2. The first-order valence-corrected chi connectivity index (χ1v) is 7.61. The Labute approximate surface area is 127 Å². The van der Waals surface area contributed by atoms with Crippen molar-refractivity contribution in [2.24, 2.45) is 0 Å². The maximum Gasteiger partial charge on any atom is 0.252 e. The molecule has 2 aromatic rings. The van der Waals surface area contributed by atoms with Gasteiger partial charge in [-0.25, -0.2) is 4.98 Å². The summed E-state index contributed by atoms with van der Waals surface area (Å²) < 4.78 is 0. The van der Waals surface area contributed by atoms with Crippen molar-refractivity contribution < 1.29 is 4.79 Å². The number of hydrogen-bond donors (Lipinski definition) is 1. The van der Waals surface area contributed by atoms with Gasteiger partial charge in [0.25, 0.3) is 5.91 Å². The Balaban J connectivity index is 1.74. The van der Waals surface area contributed by atoms with E-state index < -0.39 is 0 Å². The zero-order chi connectivity index (χ0) is 14.4. The third-order valence-corrected chi connectivity index (χ3v) is 3.90. The van der Waals surface area contributed by atoms with Gasteiger partial charge in [0.05, 0.1) is 5.56 Å². The monoisotopic (exact) mass is 306 g/mol. The second-order valence-electron chi connectivity index (χ2n) is 4.29. The molecule has 104 valence electrons. The second-order valence-corrected chi connectivity index (χ2v) is 5.84. The number of amides is 1. The number of halogens is 1. The van der Waals surface area contributed by atoms with Gasteiger partial charge in [-0.2, -0.15) is 0 Å². The number of nitrogens with one attached hydrogen (secondary N) is 1. The molecule has 0 spiro atoms. The molecule has 0 atom stereocenters. The van der Waals surface area contributed by atoms with Crippen molar-refractivity contribution in [1.29, 1.82) is 0 Å². The highest BCUT2D eigenvalue weighted by Gasteiger charge is 2.04. The Morgan fingerprint density at radius 3 is 2.65 bits per heavy atom. The van der Waals surface area contributed by atoms with Gasteiger partial charge >= 0.3 is 0 Å². The van der Waals surface area contributed by atoms with E-state index in [1.807, 2.05) is 0 Å². The molecule has 0 saturated carbocycles. The van der Waals surface area contributed by atoms with Crippen molar-refractivity contribution in [2.75, 3.05) is 12.3 Å². The maximum absolute atomic E-state index is 11.8. The minimum Gasteiger partial charge on any atom is -0.351 e. The van der Waals surface area contributed by atoms with E-state index in [0.29, 0.717) is 17.3 Å². The van der Waals surface area contributed by atoms with Crippen LogP contribution < -0.4 is 5.32 Å². The molecule has 0 aliphatic carbocycles. The molecule has 1 aromatic heterocycles. The summed E-state index contributed by atoms with van der Waals surface area (Å²) in [5, 5.41) is 3.24. The van der Waals surface area contributed by atoms with Crippen molar-refractivity contribution >= 4 is 29.3 Å². The molecule has 0 saturated heterocycles. The summed E-state index contributed by atoms with van der Waals surface area (Å²) in [5.41, 5.74) is 1.77. The Kier molecular flexibility index (Phi) is 5.44. The molecule has 0 radical (unpaired) electrons. The van der Waals surface area contributed by atoms with Crippen LogP contribution in [0.25, 0.3) is 0 Å². The van der Waals surface area contributed by atoms with E-state index in [4.69, 9.17) is 11.6 Å². The van der Waals surface area contributed by atoms with Crippen molar-refractivity contribution in [3.63, 3.8) is 0 Å². The molecule has 0 aliphatic rings. The van der Waals surface area contributed by atoms with Crippen LogP contribution in [0.15, 0.2) is 47.5 Å². The predicted molar refractivity (Wildman–Crippen MR) is 83.5 cm³/mol. The zero-order valence-corrected chi connectivity index (χ0v) is 12.7. The van der Waals surface area contributed by atoms with E-state index in [1.54, 1.807) is 23.9 Å². The number of hydrogen-bond acceptors (Lipinski definition) is 3. The number of rotatable bonds is 5. The lowest BCUT2D eigenvalue weighted by Crippen LogP contribution is -2.25. The lowest BCUT2D eigenvalue weighted by Gasteiger charge is -2.05. The van der Waals surface area contributed by atoms with Gasteiger partial charge in [0, 0.05) is 23.4 Å². The average molecular weight is 307 g/mol. The van der Waals surface area contributed by atoms with Crippen LogP contribution in [0.2, 0.25) is 5.15 Å².